The monoisotopic (exact) mass is 466 g/mol. The van der Waals surface area contributed by atoms with Crippen molar-refractivity contribution in [1.29, 1.82) is 0 Å². The van der Waals surface area contributed by atoms with Crippen LogP contribution >= 0.6 is 0 Å². The Labute approximate surface area is 193 Å². The summed E-state index contributed by atoms with van der Waals surface area (Å²) in [5.74, 6) is -1.82. The van der Waals surface area contributed by atoms with Crippen LogP contribution in [0.15, 0.2) is 36.4 Å². The van der Waals surface area contributed by atoms with Gasteiger partial charge in [0.1, 0.15) is 12.1 Å². The van der Waals surface area contributed by atoms with Gasteiger partial charge in [0.15, 0.2) is 0 Å². The van der Waals surface area contributed by atoms with E-state index in [0.29, 0.717) is 12.2 Å². The average molecular weight is 467 g/mol. The number of halogens is 3. The van der Waals surface area contributed by atoms with Crippen molar-refractivity contribution in [3.05, 3.63) is 47.7 Å². The third-order valence-corrected chi connectivity index (χ3v) is 5.63. The van der Waals surface area contributed by atoms with Crippen molar-refractivity contribution in [2.75, 3.05) is 6.61 Å². The molecule has 0 saturated carbocycles. The van der Waals surface area contributed by atoms with Crippen molar-refractivity contribution in [3.8, 4) is 0 Å². The van der Waals surface area contributed by atoms with Crippen LogP contribution in [-0.4, -0.2) is 40.9 Å². The predicted octanol–water partition coefficient (Wildman–Crippen LogP) is 6.00. The minimum Gasteiger partial charge on any atom is -0.480 e. The molecule has 2 rings (SSSR count). The first-order chi connectivity index (χ1) is 15.3. The summed E-state index contributed by atoms with van der Waals surface area (Å²) < 4.78 is 47.3. The van der Waals surface area contributed by atoms with Gasteiger partial charge in [0.2, 0.25) is 0 Å². The fourth-order valence-electron chi connectivity index (χ4n) is 3.68. The van der Waals surface area contributed by atoms with Crippen LogP contribution in [0.5, 0.6) is 0 Å². The molecule has 182 valence electrons. The molecular weight excluding hydrogens is 433 g/mol. The first-order valence-electron chi connectivity index (χ1n) is 11.0. The molecule has 0 radical (unpaired) electrons. The molecule has 33 heavy (non-hydrogen) atoms. The highest BCUT2D eigenvalue weighted by molar-refractivity contribution is 5.81. The third kappa shape index (κ3) is 7.01. The molecule has 0 unspecified atom stereocenters. The predicted molar refractivity (Wildman–Crippen MR) is 124 cm³/mol. The molecule has 0 spiro atoms. The maximum absolute atomic E-state index is 13.9. The zero-order valence-electron chi connectivity index (χ0n) is 19.9. The summed E-state index contributed by atoms with van der Waals surface area (Å²) in [4.78, 5) is 16.1. The second-order valence-corrected chi connectivity index (χ2v) is 9.14. The molecule has 1 heterocycles. The normalized spacial score (nSPS) is 15.8. The van der Waals surface area contributed by atoms with Gasteiger partial charge in [-0.1, -0.05) is 58.0 Å². The summed E-state index contributed by atoms with van der Waals surface area (Å²) in [6, 6.07) is 5.96. The Kier molecular flexibility index (Phi) is 8.65. The molecular formula is C25H33F3N2O3. The number of nitrogens with one attached hydrogen (secondary N) is 1. The largest absolute Gasteiger partial charge is 0.480 e. The number of carboxylic acid groups (broad SMARTS) is 1. The number of aromatic nitrogens is 1. The molecule has 8 heteroatoms. The highest BCUT2D eigenvalue weighted by atomic mass is 19.4. The smallest absolute Gasteiger partial charge is 0.404 e. The number of hydrogen-bond donors (Lipinski definition) is 2. The minimum absolute atomic E-state index is 0.167. The number of hydrogen-bond acceptors (Lipinski definition) is 4. The zero-order chi connectivity index (χ0) is 25.0. The number of ether oxygens (including phenoxy) is 1. The lowest BCUT2D eigenvalue weighted by molar-refractivity contribution is -0.178. The van der Waals surface area contributed by atoms with Crippen molar-refractivity contribution >= 4 is 22.9 Å². The SMILES string of the molecule is CCO[C@H](C)c1ccc2ccc(/C=C/C(C)(C)[C@H](N[C@H](C(=O)O)C(C)C)C(F)(F)F)cc2n1. The Balaban J connectivity index is 2.35. The Morgan fingerprint density at radius 3 is 2.36 bits per heavy atom. The number of benzene rings is 1. The number of carboxylic acids is 1. The standard InChI is InChI=1S/C25H33F3N2O3/c1-7-33-16(4)19-11-10-18-9-8-17(14-20(18)29-19)12-13-24(5,6)23(25(26,27)28)30-21(15(2)3)22(31)32/h8-16,21,23,30H,7H2,1-6H3,(H,31,32)/b13-12+/t16-,21+,23+/m1/s1. The maximum Gasteiger partial charge on any atom is 0.404 e. The number of pyridine rings is 1. The second kappa shape index (κ2) is 10.7. The van der Waals surface area contributed by atoms with Gasteiger partial charge in [-0.25, -0.2) is 0 Å². The van der Waals surface area contributed by atoms with Gasteiger partial charge in [0, 0.05) is 17.4 Å². The molecule has 0 amide bonds. The Bertz CT molecular complexity index is 987. The summed E-state index contributed by atoms with van der Waals surface area (Å²) in [7, 11) is 0. The molecule has 0 saturated heterocycles. The highest BCUT2D eigenvalue weighted by Crippen LogP contribution is 2.36. The molecule has 0 aliphatic rings. The molecule has 0 bridgehead atoms. The van der Waals surface area contributed by atoms with Crippen LogP contribution in [0.4, 0.5) is 13.2 Å². The Morgan fingerprint density at radius 2 is 1.82 bits per heavy atom. The van der Waals surface area contributed by atoms with Crippen molar-refractivity contribution in [2.45, 2.75) is 65.9 Å². The summed E-state index contributed by atoms with van der Waals surface area (Å²) in [5.41, 5.74) is 0.786. The quantitative estimate of drug-likeness (QED) is 0.449. The Hall–Kier alpha value is -2.45. The number of aliphatic carboxylic acids is 1. The van der Waals surface area contributed by atoms with Gasteiger partial charge in [-0.05, 0) is 37.5 Å². The molecule has 0 aliphatic heterocycles. The first-order valence-corrected chi connectivity index (χ1v) is 11.0. The third-order valence-electron chi connectivity index (χ3n) is 5.63. The van der Waals surface area contributed by atoms with Crippen molar-refractivity contribution in [3.63, 3.8) is 0 Å². The molecule has 1 aromatic carbocycles. The van der Waals surface area contributed by atoms with Gasteiger partial charge >= 0.3 is 12.1 Å². The second-order valence-electron chi connectivity index (χ2n) is 9.14. The van der Waals surface area contributed by atoms with E-state index >= 15 is 0 Å². The summed E-state index contributed by atoms with van der Waals surface area (Å²) >= 11 is 0. The van der Waals surface area contributed by atoms with Gasteiger partial charge in [0.25, 0.3) is 0 Å². The van der Waals surface area contributed by atoms with Crippen LogP contribution < -0.4 is 5.32 Å². The highest BCUT2D eigenvalue weighted by Gasteiger charge is 2.49. The topological polar surface area (TPSA) is 71.5 Å². The van der Waals surface area contributed by atoms with E-state index < -0.39 is 35.6 Å². The summed E-state index contributed by atoms with van der Waals surface area (Å²) in [6.45, 7) is 10.4. The first kappa shape index (κ1) is 26.8. The van der Waals surface area contributed by atoms with Crippen LogP contribution in [0.25, 0.3) is 17.0 Å². The minimum atomic E-state index is -4.63. The van der Waals surface area contributed by atoms with E-state index in [1.165, 1.54) is 19.9 Å². The van der Waals surface area contributed by atoms with Gasteiger partial charge in [-0.3, -0.25) is 15.1 Å². The van der Waals surface area contributed by atoms with E-state index in [1.54, 1.807) is 19.9 Å². The summed E-state index contributed by atoms with van der Waals surface area (Å²) in [5, 5.41) is 12.6. The number of carbonyl (C=O) groups is 1. The van der Waals surface area contributed by atoms with E-state index in [2.05, 4.69) is 10.3 Å². The number of nitrogens with zero attached hydrogens (tertiary/aromatic N) is 1. The van der Waals surface area contributed by atoms with E-state index in [4.69, 9.17) is 4.74 Å². The van der Waals surface area contributed by atoms with Gasteiger partial charge in [-0.15, -0.1) is 0 Å². The summed E-state index contributed by atoms with van der Waals surface area (Å²) in [6.07, 6.45) is -1.72. The van der Waals surface area contributed by atoms with E-state index in [-0.39, 0.29) is 6.10 Å². The molecule has 0 aliphatic carbocycles. The van der Waals surface area contributed by atoms with Crippen molar-refractivity contribution < 1.29 is 27.8 Å². The molecule has 1 aromatic heterocycles. The van der Waals surface area contributed by atoms with Crippen LogP contribution in [0.3, 0.4) is 0 Å². The zero-order valence-corrected chi connectivity index (χ0v) is 19.9. The molecule has 5 nitrogen and oxygen atoms in total. The number of rotatable bonds is 10. The van der Waals surface area contributed by atoms with E-state index in [9.17, 15) is 23.1 Å². The van der Waals surface area contributed by atoms with Gasteiger partial charge in [-0.2, -0.15) is 13.2 Å². The fourth-order valence-corrected chi connectivity index (χ4v) is 3.68. The molecule has 0 fully saturated rings. The van der Waals surface area contributed by atoms with Gasteiger partial charge < -0.3 is 9.84 Å². The lowest BCUT2D eigenvalue weighted by atomic mass is 9.82. The maximum atomic E-state index is 13.9. The van der Waals surface area contributed by atoms with Crippen LogP contribution in [-0.2, 0) is 9.53 Å². The van der Waals surface area contributed by atoms with Crippen LogP contribution in [0.2, 0.25) is 0 Å². The van der Waals surface area contributed by atoms with E-state index in [0.717, 1.165) is 16.6 Å². The average Bonchev–Trinajstić information content (AvgIpc) is 2.70. The lowest BCUT2D eigenvalue weighted by Gasteiger charge is -2.36. The fraction of sp³-hybridized carbons (Fsp3) is 0.520. The van der Waals surface area contributed by atoms with Crippen molar-refractivity contribution in [1.82, 2.24) is 10.3 Å². The van der Waals surface area contributed by atoms with Crippen molar-refractivity contribution in [2.24, 2.45) is 11.3 Å². The van der Waals surface area contributed by atoms with Crippen LogP contribution in [0.1, 0.15) is 58.9 Å². The number of alkyl halides is 3. The lowest BCUT2D eigenvalue weighted by Crippen LogP contribution is -2.58. The Morgan fingerprint density at radius 1 is 1.18 bits per heavy atom. The molecule has 2 aromatic rings. The molecule has 2 N–H and O–H groups in total. The van der Waals surface area contributed by atoms with Gasteiger partial charge in [0.05, 0.1) is 17.3 Å². The van der Waals surface area contributed by atoms with E-state index in [1.807, 2.05) is 44.2 Å². The molecule has 3 atom stereocenters. The van der Waals surface area contributed by atoms with Crippen LogP contribution in [0, 0.1) is 11.3 Å². The number of fused-ring (bicyclic) bond motifs is 1.